The van der Waals surface area contributed by atoms with Gasteiger partial charge in [-0.2, -0.15) is 0 Å². The van der Waals surface area contributed by atoms with E-state index in [4.69, 9.17) is 5.73 Å². The van der Waals surface area contributed by atoms with Gasteiger partial charge in [-0.1, -0.05) is 54.1 Å². The van der Waals surface area contributed by atoms with E-state index in [2.05, 4.69) is 18.2 Å². The maximum atomic E-state index is 5.45. The van der Waals surface area contributed by atoms with E-state index < -0.39 is 0 Å². The van der Waals surface area contributed by atoms with Gasteiger partial charge >= 0.3 is 0 Å². The molecule has 0 fully saturated rings. The molecule has 1 nitrogen and oxygen atoms in total. The topological polar surface area (TPSA) is 26.0 Å². The molecule has 0 radical (unpaired) electrons. The Morgan fingerprint density at radius 2 is 2.00 bits per heavy atom. The number of benzene rings is 1. The highest BCUT2D eigenvalue weighted by Gasteiger charge is 1.81. The molecule has 1 aromatic carbocycles. The lowest BCUT2D eigenvalue weighted by molar-refractivity contribution is 1.14. The first-order valence-corrected chi connectivity index (χ1v) is 4.42. The molecule has 1 rings (SSSR count). The van der Waals surface area contributed by atoms with Crippen LogP contribution in [0.3, 0.4) is 0 Å². The lowest BCUT2D eigenvalue weighted by Crippen LogP contribution is -1.98. The molecule has 2 N–H and O–H groups in total. The molecule has 13 heavy (non-hydrogen) atoms. The second kappa shape index (κ2) is 5.33. The van der Waals surface area contributed by atoms with Crippen molar-refractivity contribution in [3.8, 4) is 0 Å². The fourth-order valence-electron chi connectivity index (χ4n) is 0.956. The number of hydrogen-bond donors (Lipinski definition) is 1. The zero-order chi connectivity index (χ0) is 9.52. The zero-order valence-electron chi connectivity index (χ0n) is 7.90. The van der Waals surface area contributed by atoms with Crippen molar-refractivity contribution in [3.63, 3.8) is 0 Å². The van der Waals surface area contributed by atoms with Crippen molar-refractivity contribution < 1.29 is 0 Å². The molecule has 1 heteroatoms. The van der Waals surface area contributed by atoms with Crippen LogP contribution in [0.4, 0.5) is 0 Å². The molecule has 0 unspecified atom stereocenters. The molecule has 0 aliphatic carbocycles. The molecule has 0 amide bonds. The fraction of sp³-hybridized carbons (Fsp3) is 0.167. The molecule has 0 atom stereocenters. The first-order chi connectivity index (χ1) is 6.33. The van der Waals surface area contributed by atoms with E-state index in [1.165, 1.54) is 11.1 Å². The smallest absolute Gasteiger partial charge is 0.0137 e. The maximum absolute atomic E-state index is 5.45. The molecule has 0 aliphatic heterocycles. The first-order valence-electron chi connectivity index (χ1n) is 4.42. The highest BCUT2D eigenvalue weighted by atomic mass is 14.5. The third-order valence-electron chi connectivity index (χ3n) is 1.79. The molecule has 0 saturated carbocycles. The van der Waals surface area contributed by atoms with Gasteiger partial charge < -0.3 is 5.73 Å². The van der Waals surface area contributed by atoms with Gasteiger partial charge in [0.05, 0.1) is 0 Å². The second-order valence-electron chi connectivity index (χ2n) is 2.99. The summed E-state index contributed by atoms with van der Waals surface area (Å²) in [6, 6.07) is 10.2. The van der Waals surface area contributed by atoms with Gasteiger partial charge in [0.15, 0.2) is 0 Å². The van der Waals surface area contributed by atoms with Crippen molar-refractivity contribution in [1.82, 2.24) is 0 Å². The van der Waals surface area contributed by atoms with Crippen molar-refractivity contribution in [2.24, 2.45) is 5.73 Å². The summed E-state index contributed by atoms with van der Waals surface area (Å²) in [7, 11) is 0. The average Bonchev–Trinajstić information content (AvgIpc) is 2.19. The Morgan fingerprint density at radius 3 is 2.62 bits per heavy atom. The lowest BCUT2D eigenvalue weighted by atomic mass is 10.2. The number of rotatable bonds is 3. The first kappa shape index (κ1) is 9.75. The lowest BCUT2D eigenvalue weighted by Gasteiger charge is -1.91. The molecule has 1 aromatic rings. The third-order valence-corrected chi connectivity index (χ3v) is 1.79. The van der Waals surface area contributed by atoms with Crippen LogP contribution in [-0.2, 0) is 0 Å². The highest BCUT2D eigenvalue weighted by molar-refractivity contribution is 5.50. The second-order valence-corrected chi connectivity index (χ2v) is 2.99. The van der Waals surface area contributed by atoms with Gasteiger partial charge in [0, 0.05) is 6.54 Å². The van der Waals surface area contributed by atoms with E-state index in [1.807, 2.05) is 37.3 Å². The minimum absolute atomic E-state index is 0.624. The Hall–Kier alpha value is -1.34. The van der Waals surface area contributed by atoms with Crippen molar-refractivity contribution in [3.05, 3.63) is 53.6 Å². The van der Waals surface area contributed by atoms with Crippen LogP contribution < -0.4 is 5.73 Å². The summed E-state index contributed by atoms with van der Waals surface area (Å²) in [5, 5.41) is 0. The van der Waals surface area contributed by atoms with Crippen molar-refractivity contribution in [2.45, 2.75) is 6.92 Å². The Kier molecular flexibility index (Phi) is 4.00. The average molecular weight is 173 g/mol. The van der Waals surface area contributed by atoms with Crippen LogP contribution in [0.5, 0.6) is 0 Å². The normalized spacial score (nSPS) is 12.3. The summed E-state index contributed by atoms with van der Waals surface area (Å²) in [6.45, 7) is 2.65. The van der Waals surface area contributed by atoms with Gasteiger partial charge in [-0.25, -0.2) is 0 Å². The molecular formula is C12H15N. The van der Waals surface area contributed by atoms with E-state index in [9.17, 15) is 0 Å². The summed E-state index contributed by atoms with van der Waals surface area (Å²) < 4.78 is 0. The minimum atomic E-state index is 0.624. The molecule has 68 valence electrons. The summed E-state index contributed by atoms with van der Waals surface area (Å²) in [5.74, 6) is 0. The predicted molar refractivity (Wildman–Crippen MR) is 58.3 cm³/mol. The van der Waals surface area contributed by atoms with Crippen molar-refractivity contribution in [2.75, 3.05) is 6.54 Å². The van der Waals surface area contributed by atoms with Crippen LogP contribution in [0.15, 0.2) is 48.1 Å². The van der Waals surface area contributed by atoms with Crippen LogP contribution in [0.1, 0.15) is 12.5 Å². The monoisotopic (exact) mass is 173 g/mol. The number of allylic oxidation sites excluding steroid dienone is 2. The molecule has 0 aromatic heterocycles. The standard InChI is InChI=1S/C12H15N/c1-11(10-13)6-5-9-12-7-3-2-4-8-12/h2-9H,10,13H2,1H3/b9-5+,11-6+. The largest absolute Gasteiger partial charge is 0.327 e. The Bertz CT molecular complexity index is 296. The van der Waals surface area contributed by atoms with E-state index >= 15 is 0 Å². The van der Waals surface area contributed by atoms with Crippen LogP contribution in [-0.4, -0.2) is 6.54 Å². The van der Waals surface area contributed by atoms with Gasteiger partial charge in [-0.3, -0.25) is 0 Å². The summed E-state index contributed by atoms with van der Waals surface area (Å²) in [4.78, 5) is 0. The molecule has 0 spiro atoms. The van der Waals surface area contributed by atoms with E-state index in [0.717, 1.165) is 0 Å². The summed E-state index contributed by atoms with van der Waals surface area (Å²) in [5.41, 5.74) is 7.85. The fourth-order valence-corrected chi connectivity index (χ4v) is 0.956. The third kappa shape index (κ3) is 3.72. The highest BCUT2D eigenvalue weighted by Crippen LogP contribution is 2.01. The zero-order valence-corrected chi connectivity index (χ0v) is 7.90. The minimum Gasteiger partial charge on any atom is -0.327 e. The van der Waals surface area contributed by atoms with Gasteiger partial charge in [0.25, 0.3) is 0 Å². The summed E-state index contributed by atoms with van der Waals surface area (Å²) in [6.07, 6.45) is 6.13. The molecule has 0 saturated heterocycles. The van der Waals surface area contributed by atoms with Crippen LogP contribution >= 0.6 is 0 Å². The number of hydrogen-bond acceptors (Lipinski definition) is 1. The molecular weight excluding hydrogens is 158 g/mol. The van der Waals surface area contributed by atoms with Gasteiger partial charge in [0.1, 0.15) is 0 Å². The van der Waals surface area contributed by atoms with E-state index in [0.29, 0.717) is 6.54 Å². The van der Waals surface area contributed by atoms with E-state index in [-0.39, 0.29) is 0 Å². The van der Waals surface area contributed by atoms with Crippen LogP contribution in [0, 0.1) is 0 Å². The predicted octanol–water partition coefficient (Wildman–Crippen LogP) is 2.60. The Balaban J connectivity index is 2.60. The maximum Gasteiger partial charge on any atom is 0.0137 e. The SMILES string of the molecule is C/C(=C\C=C\c1ccccc1)CN. The van der Waals surface area contributed by atoms with E-state index in [1.54, 1.807) is 0 Å². The Labute approximate surface area is 79.6 Å². The van der Waals surface area contributed by atoms with Crippen LogP contribution in [0.25, 0.3) is 6.08 Å². The molecule has 0 heterocycles. The quantitative estimate of drug-likeness (QED) is 0.698. The summed E-state index contributed by atoms with van der Waals surface area (Å²) >= 11 is 0. The molecule has 0 bridgehead atoms. The Morgan fingerprint density at radius 1 is 1.31 bits per heavy atom. The number of nitrogens with two attached hydrogens (primary N) is 1. The van der Waals surface area contributed by atoms with Crippen LogP contribution in [0.2, 0.25) is 0 Å². The van der Waals surface area contributed by atoms with Gasteiger partial charge in [0.2, 0.25) is 0 Å². The molecule has 0 aliphatic rings. The van der Waals surface area contributed by atoms with Crippen molar-refractivity contribution >= 4 is 6.08 Å². The van der Waals surface area contributed by atoms with Gasteiger partial charge in [-0.05, 0) is 12.5 Å². The van der Waals surface area contributed by atoms with Gasteiger partial charge in [-0.15, -0.1) is 0 Å². The van der Waals surface area contributed by atoms with Crippen molar-refractivity contribution in [1.29, 1.82) is 0 Å².